The predicted octanol–water partition coefficient (Wildman–Crippen LogP) is 4.96. The predicted molar refractivity (Wildman–Crippen MR) is 99.2 cm³/mol. The Bertz CT molecular complexity index is 618. The molecule has 0 aromatic heterocycles. The van der Waals surface area contributed by atoms with Crippen LogP contribution in [0.5, 0.6) is 0 Å². The molecular weight excluding hydrogens is 326 g/mol. The second-order valence-corrected chi connectivity index (χ2v) is 6.98. The van der Waals surface area contributed by atoms with E-state index >= 15 is 0 Å². The molecule has 0 spiro atoms. The summed E-state index contributed by atoms with van der Waals surface area (Å²) in [6.07, 6.45) is 2.71. The minimum atomic E-state index is -0.105. The minimum absolute atomic E-state index is 0.0884. The maximum Gasteiger partial charge on any atom is 0.233 e. The molecule has 0 aliphatic rings. The molecule has 122 valence electrons. The lowest BCUT2D eigenvalue weighted by atomic mass is 10.1. The molecule has 0 aliphatic heterocycles. The molecule has 2 nitrogen and oxygen atoms in total. The van der Waals surface area contributed by atoms with Gasteiger partial charge in [-0.05, 0) is 37.0 Å². The molecule has 2 aromatic carbocycles. The number of amides is 1. The number of carbonyl (C=O) groups excluding carboxylic acids is 1. The number of hydrogen-bond acceptors (Lipinski definition) is 2. The lowest BCUT2D eigenvalue weighted by Gasteiger charge is -2.15. The van der Waals surface area contributed by atoms with E-state index in [-0.39, 0.29) is 11.2 Å². The van der Waals surface area contributed by atoms with Crippen LogP contribution in [0.3, 0.4) is 0 Å². The quantitative estimate of drug-likeness (QED) is 0.540. The number of halogens is 1. The minimum Gasteiger partial charge on any atom is -0.355 e. The van der Waals surface area contributed by atoms with Gasteiger partial charge < -0.3 is 5.32 Å². The number of rotatable bonds is 8. The van der Waals surface area contributed by atoms with Crippen molar-refractivity contribution in [2.75, 3.05) is 6.54 Å². The van der Waals surface area contributed by atoms with Crippen molar-refractivity contribution < 1.29 is 4.79 Å². The van der Waals surface area contributed by atoms with Gasteiger partial charge >= 0.3 is 0 Å². The Morgan fingerprint density at radius 2 is 1.83 bits per heavy atom. The normalized spacial score (nSPS) is 11.9. The van der Waals surface area contributed by atoms with Gasteiger partial charge in [0.2, 0.25) is 5.91 Å². The van der Waals surface area contributed by atoms with E-state index in [0.29, 0.717) is 11.6 Å². The molecule has 0 fully saturated rings. The first kappa shape index (κ1) is 17.9. The number of carbonyl (C=O) groups is 1. The summed E-state index contributed by atoms with van der Waals surface area (Å²) in [4.78, 5) is 13.3. The van der Waals surface area contributed by atoms with Crippen LogP contribution >= 0.6 is 23.4 Å². The summed E-state index contributed by atoms with van der Waals surface area (Å²) in [5.74, 6) is 0.0884. The number of nitrogens with one attached hydrogen (secondary N) is 1. The van der Waals surface area contributed by atoms with Crippen LogP contribution in [0.1, 0.15) is 25.3 Å². The van der Waals surface area contributed by atoms with E-state index in [2.05, 4.69) is 17.4 Å². The first-order valence-corrected chi connectivity index (χ1v) is 9.19. The zero-order valence-electron chi connectivity index (χ0n) is 13.3. The Morgan fingerprint density at radius 3 is 2.52 bits per heavy atom. The van der Waals surface area contributed by atoms with Gasteiger partial charge in [0.1, 0.15) is 0 Å². The van der Waals surface area contributed by atoms with Gasteiger partial charge in [-0.3, -0.25) is 4.79 Å². The molecule has 0 radical (unpaired) electrons. The van der Waals surface area contributed by atoms with E-state index in [1.165, 1.54) is 17.3 Å². The van der Waals surface area contributed by atoms with Crippen molar-refractivity contribution in [2.45, 2.75) is 36.3 Å². The van der Waals surface area contributed by atoms with Crippen LogP contribution < -0.4 is 5.32 Å². The summed E-state index contributed by atoms with van der Waals surface area (Å²) in [6, 6.07) is 18.0. The molecule has 0 heterocycles. The second-order valence-electron chi connectivity index (χ2n) is 5.33. The van der Waals surface area contributed by atoms with Crippen molar-refractivity contribution in [3.8, 4) is 0 Å². The first-order valence-electron chi connectivity index (χ1n) is 7.93. The molecule has 1 amide bonds. The Morgan fingerprint density at radius 1 is 1.13 bits per heavy atom. The van der Waals surface area contributed by atoms with Crippen molar-refractivity contribution in [1.82, 2.24) is 5.32 Å². The second kappa shape index (κ2) is 9.64. The lowest BCUT2D eigenvalue weighted by Crippen LogP contribution is -2.33. The number of aryl methyl sites for hydroxylation is 1. The third-order valence-electron chi connectivity index (χ3n) is 3.55. The van der Waals surface area contributed by atoms with E-state index < -0.39 is 0 Å². The summed E-state index contributed by atoms with van der Waals surface area (Å²) in [5, 5.41) is 3.64. The molecular formula is C19H22ClNOS. The first-order chi connectivity index (χ1) is 11.2. The number of thioether (sulfide) groups is 1. The van der Waals surface area contributed by atoms with Crippen LogP contribution in [-0.4, -0.2) is 17.7 Å². The van der Waals surface area contributed by atoms with Crippen molar-refractivity contribution in [3.63, 3.8) is 0 Å². The van der Waals surface area contributed by atoms with Gasteiger partial charge in [0, 0.05) is 11.4 Å². The fourth-order valence-corrected chi connectivity index (χ4v) is 3.55. The maximum absolute atomic E-state index is 12.3. The lowest BCUT2D eigenvalue weighted by molar-refractivity contribution is -0.120. The van der Waals surface area contributed by atoms with E-state index in [1.807, 2.05) is 49.4 Å². The summed E-state index contributed by atoms with van der Waals surface area (Å²) in [5.41, 5.74) is 1.30. The Hall–Kier alpha value is -1.45. The Kier molecular flexibility index (Phi) is 7.50. The highest BCUT2D eigenvalue weighted by molar-refractivity contribution is 8.00. The third kappa shape index (κ3) is 5.92. The fraction of sp³-hybridized carbons (Fsp3) is 0.316. The molecule has 2 aromatic rings. The van der Waals surface area contributed by atoms with Gasteiger partial charge in [0.15, 0.2) is 0 Å². The topological polar surface area (TPSA) is 29.1 Å². The van der Waals surface area contributed by atoms with Crippen molar-refractivity contribution in [1.29, 1.82) is 0 Å². The zero-order chi connectivity index (χ0) is 16.5. The van der Waals surface area contributed by atoms with Crippen LogP contribution in [0.4, 0.5) is 0 Å². The molecule has 0 saturated carbocycles. The molecule has 0 bridgehead atoms. The molecule has 4 heteroatoms. The molecule has 2 rings (SSSR count). The average molecular weight is 348 g/mol. The third-order valence-corrected chi connectivity index (χ3v) is 5.44. The van der Waals surface area contributed by atoms with E-state index in [1.54, 1.807) is 0 Å². The van der Waals surface area contributed by atoms with E-state index in [0.717, 1.165) is 24.2 Å². The summed E-state index contributed by atoms with van der Waals surface area (Å²) in [6.45, 7) is 2.73. The Labute approximate surface area is 147 Å². The summed E-state index contributed by atoms with van der Waals surface area (Å²) >= 11 is 7.71. The van der Waals surface area contributed by atoms with Crippen LogP contribution in [0.15, 0.2) is 59.5 Å². The van der Waals surface area contributed by atoms with Gasteiger partial charge in [-0.25, -0.2) is 0 Å². The van der Waals surface area contributed by atoms with Crippen LogP contribution in [0.2, 0.25) is 5.02 Å². The van der Waals surface area contributed by atoms with Crippen molar-refractivity contribution >= 4 is 29.3 Å². The smallest absolute Gasteiger partial charge is 0.233 e. The number of hydrogen-bond donors (Lipinski definition) is 1. The van der Waals surface area contributed by atoms with Crippen molar-refractivity contribution in [2.24, 2.45) is 0 Å². The Balaban J connectivity index is 1.77. The maximum atomic E-state index is 12.3. The van der Waals surface area contributed by atoms with Gasteiger partial charge in [0.05, 0.1) is 10.3 Å². The van der Waals surface area contributed by atoms with Crippen LogP contribution in [0.25, 0.3) is 0 Å². The zero-order valence-corrected chi connectivity index (χ0v) is 14.9. The SMILES string of the molecule is CCC(Sc1ccccc1Cl)C(=O)NCCCc1ccccc1. The van der Waals surface area contributed by atoms with E-state index in [4.69, 9.17) is 11.6 Å². The molecule has 1 atom stereocenters. The fourth-order valence-electron chi connectivity index (χ4n) is 2.28. The number of benzene rings is 2. The van der Waals surface area contributed by atoms with Gasteiger partial charge in [-0.15, -0.1) is 11.8 Å². The molecule has 23 heavy (non-hydrogen) atoms. The van der Waals surface area contributed by atoms with Crippen LogP contribution in [0, 0.1) is 0 Å². The van der Waals surface area contributed by atoms with Gasteiger partial charge in [0.25, 0.3) is 0 Å². The van der Waals surface area contributed by atoms with E-state index in [9.17, 15) is 4.79 Å². The highest BCUT2D eigenvalue weighted by Gasteiger charge is 2.18. The summed E-state index contributed by atoms with van der Waals surface area (Å²) < 4.78 is 0. The highest BCUT2D eigenvalue weighted by atomic mass is 35.5. The van der Waals surface area contributed by atoms with Crippen LogP contribution in [-0.2, 0) is 11.2 Å². The van der Waals surface area contributed by atoms with Gasteiger partial charge in [-0.1, -0.05) is 61.0 Å². The molecule has 0 aliphatic carbocycles. The van der Waals surface area contributed by atoms with Gasteiger partial charge in [-0.2, -0.15) is 0 Å². The molecule has 1 N–H and O–H groups in total. The highest BCUT2D eigenvalue weighted by Crippen LogP contribution is 2.31. The largest absolute Gasteiger partial charge is 0.355 e. The molecule has 1 unspecified atom stereocenters. The summed E-state index contributed by atoms with van der Waals surface area (Å²) in [7, 11) is 0. The van der Waals surface area contributed by atoms with Crippen molar-refractivity contribution in [3.05, 3.63) is 65.2 Å². The molecule has 0 saturated heterocycles. The monoisotopic (exact) mass is 347 g/mol. The average Bonchev–Trinajstić information content (AvgIpc) is 2.59. The standard InChI is InChI=1S/C19H22ClNOS/c1-2-17(23-18-13-7-6-12-16(18)20)19(22)21-14-8-11-15-9-4-3-5-10-15/h3-7,9-10,12-13,17H,2,8,11,14H2,1H3,(H,21,22).